The van der Waals surface area contributed by atoms with E-state index in [9.17, 15) is 9.59 Å². The highest BCUT2D eigenvalue weighted by Gasteiger charge is 2.06. The van der Waals surface area contributed by atoms with E-state index in [1.807, 2.05) is 6.07 Å². The van der Waals surface area contributed by atoms with E-state index in [-0.39, 0.29) is 6.42 Å². The van der Waals surface area contributed by atoms with Crippen molar-refractivity contribution in [1.29, 1.82) is 0 Å². The number of aliphatic carboxylic acids is 1. The van der Waals surface area contributed by atoms with Crippen LogP contribution in [-0.2, 0) is 11.2 Å². The highest BCUT2D eigenvalue weighted by Crippen LogP contribution is 2.19. The van der Waals surface area contributed by atoms with Gasteiger partial charge in [-0.3, -0.25) is 4.79 Å². The van der Waals surface area contributed by atoms with Gasteiger partial charge in [-0.15, -0.1) is 11.3 Å². The fourth-order valence-electron chi connectivity index (χ4n) is 1.56. The number of unbranched alkanes of at least 4 members (excludes halogenated alkanes) is 3. The molecule has 0 aliphatic heterocycles. The van der Waals surface area contributed by atoms with E-state index in [1.54, 1.807) is 6.07 Å². The van der Waals surface area contributed by atoms with Crippen LogP contribution in [0.3, 0.4) is 0 Å². The fourth-order valence-corrected chi connectivity index (χ4v) is 2.44. The van der Waals surface area contributed by atoms with E-state index in [1.165, 1.54) is 11.3 Å². The van der Waals surface area contributed by atoms with Crippen molar-refractivity contribution in [3.05, 3.63) is 21.9 Å². The highest BCUT2D eigenvalue weighted by atomic mass is 32.1. The zero-order chi connectivity index (χ0) is 12.7. The second-order valence-corrected chi connectivity index (χ2v) is 5.05. The predicted octanol–water partition coefficient (Wildman–Crippen LogP) is 3.02. The third-order valence-electron chi connectivity index (χ3n) is 2.44. The Morgan fingerprint density at radius 1 is 1.06 bits per heavy atom. The standard InChI is InChI=1S/C12H16O4S/c13-11(14)6-4-2-1-3-5-9-7-8-10(17-9)12(15)16/h7-8H,1-6H2,(H,13,14)(H,15,16). The van der Waals surface area contributed by atoms with E-state index < -0.39 is 11.9 Å². The fraction of sp³-hybridized carbons (Fsp3) is 0.500. The number of carboxylic acid groups (broad SMARTS) is 2. The van der Waals surface area contributed by atoms with Gasteiger partial charge < -0.3 is 10.2 Å². The number of hydrogen-bond donors (Lipinski definition) is 2. The average molecular weight is 256 g/mol. The van der Waals surface area contributed by atoms with Crippen LogP contribution in [0, 0.1) is 0 Å². The molecule has 17 heavy (non-hydrogen) atoms. The minimum absolute atomic E-state index is 0.238. The molecule has 1 rings (SSSR count). The Labute approximate surface area is 104 Å². The van der Waals surface area contributed by atoms with Crippen molar-refractivity contribution in [3.8, 4) is 0 Å². The number of hydrogen-bond acceptors (Lipinski definition) is 3. The molecular formula is C12H16O4S. The lowest BCUT2D eigenvalue weighted by molar-refractivity contribution is -0.137. The highest BCUT2D eigenvalue weighted by molar-refractivity contribution is 7.13. The molecule has 1 aromatic rings. The van der Waals surface area contributed by atoms with E-state index in [2.05, 4.69) is 0 Å². The first-order valence-electron chi connectivity index (χ1n) is 5.63. The Kier molecular flexibility index (Phi) is 5.69. The lowest BCUT2D eigenvalue weighted by atomic mass is 10.1. The number of thiophene rings is 1. The Morgan fingerprint density at radius 3 is 2.35 bits per heavy atom. The van der Waals surface area contributed by atoms with E-state index in [4.69, 9.17) is 10.2 Å². The Morgan fingerprint density at radius 2 is 1.76 bits per heavy atom. The van der Waals surface area contributed by atoms with Gasteiger partial charge in [-0.1, -0.05) is 12.8 Å². The smallest absolute Gasteiger partial charge is 0.345 e. The molecule has 94 valence electrons. The van der Waals surface area contributed by atoms with Crippen LogP contribution in [-0.4, -0.2) is 22.2 Å². The topological polar surface area (TPSA) is 74.6 Å². The molecule has 0 saturated carbocycles. The molecule has 4 nitrogen and oxygen atoms in total. The summed E-state index contributed by atoms with van der Waals surface area (Å²) in [6.45, 7) is 0. The Bertz CT molecular complexity index is 384. The second-order valence-electron chi connectivity index (χ2n) is 3.88. The van der Waals surface area contributed by atoms with Crippen LogP contribution in [0.1, 0.15) is 46.7 Å². The van der Waals surface area contributed by atoms with Crippen molar-refractivity contribution in [2.45, 2.75) is 38.5 Å². The Hall–Kier alpha value is -1.36. The number of aromatic carboxylic acids is 1. The monoisotopic (exact) mass is 256 g/mol. The van der Waals surface area contributed by atoms with Gasteiger partial charge in [0.05, 0.1) is 0 Å². The van der Waals surface area contributed by atoms with Gasteiger partial charge in [0.15, 0.2) is 0 Å². The van der Waals surface area contributed by atoms with Crippen LogP contribution >= 0.6 is 11.3 Å². The largest absolute Gasteiger partial charge is 0.481 e. The van der Waals surface area contributed by atoms with Crippen LogP contribution in [0.4, 0.5) is 0 Å². The summed E-state index contributed by atoms with van der Waals surface area (Å²) < 4.78 is 0. The van der Waals surface area contributed by atoms with Gasteiger partial charge in [-0.25, -0.2) is 4.79 Å². The van der Waals surface area contributed by atoms with Crippen molar-refractivity contribution in [2.24, 2.45) is 0 Å². The first kappa shape index (κ1) is 13.7. The molecule has 1 aromatic heterocycles. The number of rotatable bonds is 8. The zero-order valence-electron chi connectivity index (χ0n) is 9.52. The van der Waals surface area contributed by atoms with Gasteiger partial charge in [0.25, 0.3) is 0 Å². The first-order valence-corrected chi connectivity index (χ1v) is 6.45. The second kappa shape index (κ2) is 7.06. The van der Waals surface area contributed by atoms with Gasteiger partial charge in [-0.2, -0.15) is 0 Å². The van der Waals surface area contributed by atoms with Crippen molar-refractivity contribution >= 4 is 23.3 Å². The van der Waals surface area contributed by atoms with Crippen LogP contribution in [0.5, 0.6) is 0 Å². The molecule has 0 aliphatic rings. The molecule has 5 heteroatoms. The molecule has 0 saturated heterocycles. The normalized spacial score (nSPS) is 10.4. The number of aryl methyl sites for hydroxylation is 1. The van der Waals surface area contributed by atoms with E-state index in [0.717, 1.165) is 37.0 Å². The summed E-state index contributed by atoms with van der Waals surface area (Å²) in [6, 6.07) is 3.48. The average Bonchev–Trinajstić information content (AvgIpc) is 2.71. The van der Waals surface area contributed by atoms with Crippen LogP contribution in [0.25, 0.3) is 0 Å². The van der Waals surface area contributed by atoms with Gasteiger partial charge >= 0.3 is 11.9 Å². The van der Waals surface area contributed by atoms with Crippen molar-refractivity contribution in [2.75, 3.05) is 0 Å². The van der Waals surface area contributed by atoms with Crippen LogP contribution in [0.2, 0.25) is 0 Å². The molecule has 0 fully saturated rings. The van der Waals surface area contributed by atoms with Crippen molar-refractivity contribution < 1.29 is 19.8 Å². The SMILES string of the molecule is O=C(O)CCCCCCc1ccc(C(=O)O)s1. The third kappa shape index (κ3) is 5.49. The van der Waals surface area contributed by atoms with Gasteiger partial charge in [-0.05, 0) is 31.4 Å². The molecule has 0 amide bonds. The first-order chi connectivity index (χ1) is 8.09. The third-order valence-corrected chi connectivity index (χ3v) is 3.57. The van der Waals surface area contributed by atoms with E-state index in [0.29, 0.717) is 4.88 Å². The lowest BCUT2D eigenvalue weighted by Gasteiger charge is -1.98. The summed E-state index contributed by atoms with van der Waals surface area (Å²) in [5.41, 5.74) is 0. The number of carboxylic acids is 2. The number of carbonyl (C=O) groups is 2. The van der Waals surface area contributed by atoms with E-state index >= 15 is 0 Å². The molecule has 1 heterocycles. The summed E-state index contributed by atoms with van der Waals surface area (Å²) in [5.74, 6) is -1.61. The summed E-state index contributed by atoms with van der Waals surface area (Å²) in [6.07, 6.45) is 4.74. The Balaban J connectivity index is 2.13. The quantitative estimate of drug-likeness (QED) is 0.701. The van der Waals surface area contributed by atoms with Crippen LogP contribution < -0.4 is 0 Å². The lowest BCUT2D eigenvalue weighted by Crippen LogP contribution is -1.93. The minimum Gasteiger partial charge on any atom is -0.481 e. The molecule has 0 radical (unpaired) electrons. The zero-order valence-corrected chi connectivity index (χ0v) is 10.3. The molecule has 0 unspecified atom stereocenters. The summed E-state index contributed by atoms with van der Waals surface area (Å²) in [4.78, 5) is 22.4. The maximum absolute atomic E-state index is 10.6. The maximum atomic E-state index is 10.6. The predicted molar refractivity (Wildman–Crippen MR) is 65.7 cm³/mol. The van der Waals surface area contributed by atoms with Crippen LogP contribution in [0.15, 0.2) is 12.1 Å². The molecule has 0 aliphatic carbocycles. The summed E-state index contributed by atoms with van der Waals surface area (Å²) in [7, 11) is 0. The van der Waals surface area contributed by atoms with Gasteiger partial charge in [0, 0.05) is 11.3 Å². The molecular weight excluding hydrogens is 240 g/mol. The molecule has 0 spiro atoms. The van der Waals surface area contributed by atoms with Crippen molar-refractivity contribution in [3.63, 3.8) is 0 Å². The molecule has 0 bridgehead atoms. The molecule has 0 atom stereocenters. The summed E-state index contributed by atoms with van der Waals surface area (Å²) in [5, 5.41) is 17.2. The molecule has 0 aromatic carbocycles. The maximum Gasteiger partial charge on any atom is 0.345 e. The summed E-state index contributed by atoms with van der Waals surface area (Å²) >= 11 is 1.32. The van der Waals surface area contributed by atoms with Gasteiger partial charge in [0.2, 0.25) is 0 Å². The van der Waals surface area contributed by atoms with Crippen molar-refractivity contribution in [1.82, 2.24) is 0 Å². The molecule has 2 N–H and O–H groups in total. The minimum atomic E-state index is -0.872. The van der Waals surface area contributed by atoms with Gasteiger partial charge in [0.1, 0.15) is 4.88 Å².